The largest absolute Gasteiger partial charge is 0.508 e. The van der Waals surface area contributed by atoms with Crippen LogP contribution in [0.1, 0.15) is 61.3 Å². The molecule has 41 heavy (non-hydrogen) atoms. The first-order valence-corrected chi connectivity index (χ1v) is 14.7. The van der Waals surface area contributed by atoms with Crippen LogP contribution in [0, 0.1) is 11.8 Å². The average molecular weight is 585 g/mol. The van der Waals surface area contributed by atoms with Crippen molar-refractivity contribution in [3.8, 4) is 17.2 Å². The summed E-state index contributed by atoms with van der Waals surface area (Å²) < 4.78 is 16.4. The van der Waals surface area contributed by atoms with Crippen LogP contribution in [-0.4, -0.2) is 66.5 Å². The maximum Gasteiger partial charge on any atom is 0.310 e. The van der Waals surface area contributed by atoms with E-state index in [1.165, 1.54) is 0 Å². The standard InChI is InChI=1S/C31H37ClN2O7/c1-39-20-10-9-19(27(16-20)40-2)18-41-31(38)22-7-4-3-6-21(22)30(37)34-15-13-23-24(32)11-12-26(35)29(23)25(34)17-33-14-5-8-28(33)36/h9-12,16,21-22,25,35H,3-8,13-15,17-18H2,1-2H3/t21-,22+,25?/m1/s1. The molecule has 0 radical (unpaired) electrons. The molecule has 1 N–H and O–H groups in total. The Bertz CT molecular complexity index is 1320. The number of benzene rings is 2. The monoisotopic (exact) mass is 584 g/mol. The van der Waals surface area contributed by atoms with Gasteiger partial charge in [0.2, 0.25) is 11.8 Å². The number of aromatic hydroxyl groups is 1. The third kappa shape index (κ3) is 5.96. The van der Waals surface area contributed by atoms with Gasteiger partial charge in [-0.15, -0.1) is 0 Å². The number of methoxy groups -OCH3 is 2. The zero-order valence-electron chi connectivity index (χ0n) is 23.6. The summed E-state index contributed by atoms with van der Waals surface area (Å²) in [4.78, 5) is 43.7. The minimum atomic E-state index is -0.580. The number of phenols is 1. The van der Waals surface area contributed by atoms with Gasteiger partial charge in [-0.2, -0.15) is 0 Å². The van der Waals surface area contributed by atoms with Gasteiger partial charge in [-0.1, -0.05) is 24.4 Å². The number of carbonyl (C=O) groups is 3. The molecular weight excluding hydrogens is 548 g/mol. The Morgan fingerprint density at radius 3 is 2.49 bits per heavy atom. The van der Waals surface area contributed by atoms with Crippen molar-refractivity contribution in [1.82, 2.24) is 9.80 Å². The summed E-state index contributed by atoms with van der Waals surface area (Å²) in [5.41, 5.74) is 2.11. The van der Waals surface area contributed by atoms with E-state index >= 15 is 0 Å². The highest BCUT2D eigenvalue weighted by atomic mass is 35.5. The van der Waals surface area contributed by atoms with Crippen molar-refractivity contribution in [2.75, 3.05) is 33.9 Å². The summed E-state index contributed by atoms with van der Waals surface area (Å²) in [5.74, 6) is -0.386. The molecule has 0 bridgehead atoms. The van der Waals surface area contributed by atoms with Gasteiger partial charge in [-0.25, -0.2) is 0 Å². The first kappa shape index (κ1) is 29.0. The molecular formula is C31H37ClN2O7. The second-order valence-corrected chi connectivity index (χ2v) is 11.4. The number of carbonyl (C=O) groups excluding carboxylic acids is 3. The van der Waals surface area contributed by atoms with Crippen molar-refractivity contribution < 1.29 is 33.7 Å². The molecule has 2 fully saturated rings. The molecule has 10 heteroatoms. The fourth-order valence-corrected chi connectivity index (χ4v) is 6.76. The highest BCUT2D eigenvalue weighted by molar-refractivity contribution is 6.31. The zero-order chi connectivity index (χ0) is 29.1. The second kappa shape index (κ2) is 12.6. The molecule has 3 aliphatic rings. The highest BCUT2D eigenvalue weighted by Gasteiger charge is 2.43. The number of hydrogen-bond donors (Lipinski definition) is 1. The van der Waals surface area contributed by atoms with Crippen molar-refractivity contribution >= 4 is 29.4 Å². The molecule has 1 aliphatic carbocycles. The Hall–Kier alpha value is -3.46. The van der Waals surface area contributed by atoms with Gasteiger partial charge in [0.1, 0.15) is 23.9 Å². The lowest BCUT2D eigenvalue weighted by atomic mass is 9.77. The molecule has 5 rings (SSSR count). The summed E-state index contributed by atoms with van der Waals surface area (Å²) in [6.45, 7) is 1.31. The number of halogens is 1. The van der Waals surface area contributed by atoms with Gasteiger partial charge in [-0.05, 0) is 55.5 Å². The number of amides is 2. The van der Waals surface area contributed by atoms with Crippen LogP contribution < -0.4 is 9.47 Å². The Kier molecular flexibility index (Phi) is 8.92. The lowest BCUT2D eigenvalue weighted by molar-refractivity contribution is -0.159. The van der Waals surface area contributed by atoms with Crippen LogP contribution in [-0.2, 0) is 32.1 Å². The Morgan fingerprint density at radius 2 is 1.78 bits per heavy atom. The second-order valence-electron chi connectivity index (χ2n) is 11.0. The maximum atomic E-state index is 14.3. The third-order valence-corrected chi connectivity index (χ3v) is 9.04. The van der Waals surface area contributed by atoms with Gasteiger partial charge >= 0.3 is 5.97 Å². The van der Waals surface area contributed by atoms with Gasteiger partial charge in [0.25, 0.3) is 0 Å². The minimum absolute atomic E-state index is 0.0204. The SMILES string of the molecule is COc1ccc(COC(=O)[C@H]2CCCC[C@H]2C(=O)N2CCc3c(Cl)ccc(O)c3C2CN2CCCC2=O)c(OC)c1. The smallest absolute Gasteiger partial charge is 0.310 e. The number of nitrogens with zero attached hydrogens (tertiary/aromatic N) is 2. The van der Waals surface area contributed by atoms with Crippen molar-refractivity contribution in [2.24, 2.45) is 11.8 Å². The third-order valence-electron chi connectivity index (χ3n) is 8.69. The van der Waals surface area contributed by atoms with Crippen LogP contribution in [0.3, 0.4) is 0 Å². The fraction of sp³-hybridized carbons (Fsp3) is 0.516. The molecule has 2 aromatic carbocycles. The molecule has 0 spiro atoms. The predicted octanol–water partition coefficient (Wildman–Crippen LogP) is 4.66. The van der Waals surface area contributed by atoms with E-state index in [4.69, 9.17) is 25.8 Å². The molecule has 9 nitrogen and oxygen atoms in total. The van der Waals surface area contributed by atoms with Crippen LogP contribution in [0.25, 0.3) is 0 Å². The van der Waals surface area contributed by atoms with Crippen LogP contribution >= 0.6 is 11.6 Å². The van der Waals surface area contributed by atoms with Crippen molar-refractivity contribution in [2.45, 2.75) is 57.6 Å². The lowest BCUT2D eigenvalue weighted by Crippen LogP contribution is -2.50. The number of phenolic OH excluding ortho intramolecular Hbond substituents is 1. The summed E-state index contributed by atoms with van der Waals surface area (Å²) >= 11 is 6.52. The molecule has 220 valence electrons. The lowest BCUT2D eigenvalue weighted by Gasteiger charge is -2.42. The number of likely N-dealkylation sites (tertiary alicyclic amines) is 1. The fourth-order valence-electron chi connectivity index (χ4n) is 6.50. The highest BCUT2D eigenvalue weighted by Crippen LogP contribution is 2.43. The molecule has 2 aromatic rings. The van der Waals surface area contributed by atoms with Crippen LogP contribution in [0.4, 0.5) is 0 Å². The van der Waals surface area contributed by atoms with E-state index < -0.39 is 23.8 Å². The Labute approximate surface area is 245 Å². The van der Waals surface area contributed by atoms with E-state index in [0.717, 1.165) is 24.8 Å². The molecule has 2 aliphatic heterocycles. The van der Waals surface area contributed by atoms with E-state index in [-0.39, 0.29) is 30.7 Å². The summed E-state index contributed by atoms with van der Waals surface area (Å²) in [6, 6.07) is 7.96. The van der Waals surface area contributed by atoms with Crippen LogP contribution in [0.5, 0.6) is 17.2 Å². The number of esters is 1. The normalized spacial score (nSPS) is 22.3. The Morgan fingerprint density at radius 1 is 1.00 bits per heavy atom. The summed E-state index contributed by atoms with van der Waals surface area (Å²) in [5, 5.41) is 11.4. The summed E-state index contributed by atoms with van der Waals surface area (Å²) in [7, 11) is 3.11. The number of ether oxygens (including phenoxy) is 3. The van der Waals surface area contributed by atoms with E-state index in [9.17, 15) is 19.5 Å². The number of fused-ring (bicyclic) bond motifs is 1. The molecule has 2 amide bonds. The van der Waals surface area contributed by atoms with Gasteiger partial charge in [-0.3, -0.25) is 14.4 Å². The summed E-state index contributed by atoms with van der Waals surface area (Å²) in [6.07, 6.45) is 4.53. The van der Waals surface area contributed by atoms with Gasteiger partial charge in [0.15, 0.2) is 0 Å². The van der Waals surface area contributed by atoms with Gasteiger partial charge < -0.3 is 29.1 Å². The molecule has 1 saturated heterocycles. The van der Waals surface area contributed by atoms with Crippen molar-refractivity contribution in [3.05, 3.63) is 52.0 Å². The van der Waals surface area contributed by atoms with E-state index in [1.54, 1.807) is 54.4 Å². The molecule has 3 atom stereocenters. The van der Waals surface area contributed by atoms with Gasteiger partial charge in [0.05, 0.1) is 32.1 Å². The number of hydrogen-bond acceptors (Lipinski definition) is 7. The molecule has 1 unspecified atom stereocenters. The topological polar surface area (TPSA) is 106 Å². The first-order chi connectivity index (χ1) is 19.8. The molecule has 2 heterocycles. The average Bonchev–Trinajstić information content (AvgIpc) is 3.41. The zero-order valence-corrected chi connectivity index (χ0v) is 24.3. The van der Waals surface area contributed by atoms with Gasteiger partial charge in [0, 0.05) is 48.3 Å². The maximum absolute atomic E-state index is 14.3. The first-order valence-electron chi connectivity index (χ1n) is 14.3. The van der Waals surface area contributed by atoms with Crippen molar-refractivity contribution in [3.63, 3.8) is 0 Å². The quantitative estimate of drug-likeness (QED) is 0.450. The molecule has 0 aromatic heterocycles. The van der Waals surface area contributed by atoms with Crippen LogP contribution in [0.2, 0.25) is 5.02 Å². The van der Waals surface area contributed by atoms with E-state index in [1.807, 2.05) is 0 Å². The minimum Gasteiger partial charge on any atom is -0.508 e. The van der Waals surface area contributed by atoms with Crippen LogP contribution in [0.15, 0.2) is 30.3 Å². The molecule has 1 saturated carbocycles. The van der Waals surface area contributed by atoms with E-state index in [0.29, 0.717) is 66.4 Å². The Balaban J connectivity index is 1.37. The predicted molar refractivity (Wildman–Crippen MR) is 152 cm³/mol. The number of rotatable bonds is 8. The van der Waals surface area contributed by atoms with E-state index in [2.05, 4.69) is 0 Å². The van der Waals surface area contributed by atoms with Crippen molar-refractivity contribution in [1.29, 1.82) is 0 Å².